The van der Waals surface area contributed by atoms with Crippen LogP contribution in [-0.2, 0) is 11.2 Å². The Hall–Kier alpha value is -3.20. The first-order chi connectivity index (χ1) is 15.2. The molecule has 0 heterocycles. The molecule has 0 radical (unpaired) electrons. The molecule has 0 fully saturated rings. The van der Waals surface area contributed by atoms with E-state index in [0.29, 0.717) is 18.6 Å². The van der Waals surface area contributed by atoms with E-state index >= 15 is 0 Å². The van der Waals surface area contributed by atoms with Crippen LogP contribution in [0.4, 0.5) is 0 Å². The quantitative estimate of drug-likeness (QED) is 0.190. The number of hydrogen-bond donors (Lipinski definition) is 0. The molecule has 1 unspecified atom stereocenters. The number of carbonyl (C=O) groups is 2. The van der Waals surface area contributed by atoms with Crippen molar-refractivity contribution in [2.75, 3.05) is 6.61 Å². The molecular weight excluding hydrogens is 384 g/mol. The Bertz CT molecular complexity index is 1030. The van der Waals surface area contributed by atoms with E-state index in [9.17, 15) is 9.59 Å². The van der Waals surface area contributed by atoms with Crippen LogP contribution in [0.2, 0.25) is 0 Å². The molecule has 0 aliphatic heterocycles. The molecular formula is C28H30O3. The average molecular weight is 415 g/mol. The minimum absolute atomic E-state index is 0.299. The van der Waals surface area contributed by atoms with Crippen LogP contribution in [0, 0.1) is 6.92 Å². The zero-order valence-corrected chi connectivity index (χ0v) is 18.2. The molecule has 0 bridgehead atoms. The Morgan fingerprint density at radius 2 is 1.84 bits per heavy atom. The molecule has 0 aliphatic rings. The van der Waals surface area contributed by atoms with E-state index in [-0.39, 0.29) is 5.92 Å². The zero-order valence-electron chi connectivity index (χ0n) is 18.2. The summed E-state index contributed by atoms with van der Waals surface area (Å²) >= 11 is 0. The topological polar surface area (TPSA) is 43.4 Å². The fourth-order valence-electron chi connectivity index (χ4n) is 3.91. The van der Waals surface area contributed by atoms with Crippen LogP contribution >= 0.6 is 0 Å². The summed E-state index contributed by atoms with van der Waals surface area (Å²) in [6, 6.07) is 18.2. The van der Waals surface area contributed by atoms with Crippen molar-refractivity contribution in [3.8, 4) is 5.75 Å². The van der Waals surface area contributed by atoms with E-state index < -0.39 is 0 Å². The highest BCUT2D eigenvalue weighted by molar-refractivity contribution is 6.02. The van der Waals surface area contributed by atoms with Gasteiger partial charge in [0, 0.05) is 11.5 Å². The summed E-state index contributed by atoms with van der Waals surface area (Å²) in [6.07, 6.45) is 8.06. The van der Waals surface area contributed by atoms with Gasteiger partial charge in [-0.05, 0) is 73.1 Å². The zero-order chi connectivity index (χ0) is 22.1. The summed E-state index contributed by atoms with van der Waals surface area (Å²) < 4.78 is 6.06. The molecule has 3 rings (SSSR count). The molecule has 0 spiro atoms. The molecule has 3 aromatic carbocycles. The monoisotopic (exact) mass is 414 g/mol. The lowest BCUT2D eigenvalue weighted by Crippen LogP contribution is -2.05. The molecule has 3 nitrogen and oxygen atoms in total. The largest absolute Gasteiger partial charge is 0.494 e. The van der Waals surface area contributed by atoms with Gasteiger partial charge in [0.15, 0.2) is 6.29 Å². The molecule has 0 N–H and O–H groups in total. The van der Waals surface area contributed by atoms with E-state index in [4.69, 9.17) is 4.74 Å². The van der Waals surface area contributed by atoms with Gasteiger partial charge in [-0.25, -0.2) is 0 Å². The first kappa shape index (κ1) is 22.5. The maximum Gasteiger partial charge on any atom is 0.150 e. The smallest absolute Gasteiger partial charge is 0.150 e. The molecule has 0 saturated carbocycles. The van der Waals surface area contributed by atoms with E-state index in [2.05, 4.69) is 37.8 Å². The number of rotatable bonds is 12. The van der Waals surface area contributed by atoms with Crippen LogP contribution in [-0.4, -0.2) is 19.2 Å². The summed E-state index contributed by atoms with van der Waals surface area (Å²) in [5, 5.41) is 1.76. The number of fused-ring (bicyclic) bond motifs is 1. The van der Waals surface area contributed by atoms with Crippen LogP contribution in [0.25, 0.3) is 10.8 Å². The van der Waals surface area contributed by atoms with Gasteiger partial charge >= 0.3 is 0 Å². The van der Waals surface area contributed by atoms with Gasteiger partial charge in [-0.2, -0.15) is 0 Å². The highest BCUT2D eigenvalue weighted by Gasteiger charge is 2.17. The Morgan fingerprint density at radius 3 is 2.55 bits per heavy atom. The highest BCUT2D eigenvalue weighted by Crippen LogP contribution is 2.34. The Morgan fingerprint density at radius 1 is 1.03 bits per heavy atom. The standard InChI is InChI=1S/C28H30O3/c1-3-4-9-24(19-29)27-18-26(17-23-10-7-11-25(20-30)28(23)27)31-16-6-5-8-22-14-12-21(2)13-15-22/h3,7,10-15,17-20,24H,1,4-6,8-9,16H2,2H3. The number of unbranched alkanes of at least 4 members (excludes halogenated alkanes) is 1. The molecule has 3 heteroatoms. The predicted molar refractivity (Wildman–Crippen MR) is 127 cm³/mol. The number of benzene rings is 3. The van der Waals surface area contributed by atoms with Crippen molar-refractivity contribution in [3.05, 3.63) is 89.5 Å². The minimum Gasteiger partial charge on any atom is -0.494 e. The van der Waals surface area contributed by atoms with Gasteiger partial charge in [-0.3, -0.25) is 4.79 Å². The normalized spacial score (nSPS) is 11.8. The van der Waals surface area contributed by atoms with Crippen molar-refractivity contribution in [1.29, 1.82) is 0 Å². The third-order valence-corrected chi connectivity index (χ3v) is 5.63. The van der Waals surface area contributed by atoms with Gasteiger partial charge in [0.2, 0.25) is 0 Å². The second-order valence-electron chi connectivity index (χ2n) is 7.98. The van der Waals surface area contributed by atoms with Crippen molar-refractivity contribution >= 4 is 23.3 Å². The van der Waals surface area contributed by atoms with Crippen molar-refractivity contribution in [3.63, 3.8) is 0 Å². The van der Waals surface area contributed by atoms with Gasteiger partial charge in [-0.15, -0.1) is 6.58 Å². The lowest BCUT2D eigenvalue weighted by molar-refractivity contribution is -0.109. The van der Waals surface area contributed by atoms with Gasteiger partial charge in [0.25, 0.3) is 0 Å². The number of carbonyl (C=O) groups excluding carboxylic acids is 2. The second-order valence-corrected chi connectivity index (χ2v) is 7.98. The molecule has 0 aromatic heterocycles. The molecule has 3 aromatic rings. The van der Waals surface area contributed by atoms with E-state index in [1.807, 2.05) is 30.3 Å². The average Bonchev–Trinajstić information content (AvgIpc) is 2.80. The Kier molecular flexibility index (Phi) is 8.17. The van der Waals surface area contributed by atoms with Gasteiger partial charge in [0.1, 0.15) is 12.0 Å². The van der Waals surface area contributed by atoms with Gasteiger partial charge in [-0.1, -0.05) is 54.1 Å². The van der Waals surface area contributed by atoms with Crippen molar-refractivity contribution in [2.45, 2.75) is 44.9 Å². The van der Waals surface area contributed by atoms with Crippen molar-refractivity contribution < 1.29 is 14.3 Å². The third-order valence-electron chi connectivity index (χ3n) is 5.63. The fourth-order valence-corrected chi connectivity index (χ4v) is 3.91. The van der Waals surface area contributed by atoms with Crippen LogP contribution < -0.4 is 4.74 Å². The first-order valence-electron chi connectivity index (χ1n) is 10.9. The number of hydrogen-bond acceptors (Lipinski definition) is 3. The number of aldehydes is 2. The van der Waals surface area contributed by atoms with Gasteiger partial charge < -0.3 is 9.53 Å². The van der Waals surface area contributed by atoms with Crippen LogP contribution in [0.15, 0.2) is 67.3 Å². The fraction of sp³-hybridized carbons (Fsp3) is 0.286. The Balaban J connectivity index is 1.74. The SMILES string of the molecule is C=CCCC(C=O)c1cc(OCCCCc2ccc(C)cc2)cc2cccc(C=O)c12. The first-order valence-corrected chi connectivity index (χ1v) is 10.9. The number of ether oxygens (including phenoxy) is 1. The van der Waals surface area contributed by atoms with Crippen LogP contribution in [0.1, 0.15) is 58.6 Å². The van der Waals surface area contributed by atoms with E-state index in [0.717, 1.165) is 60.3 Å². The van der Waals surface area contributed by atoms with E-state index in [1.54, 1.807) is 6.07 Å². The second kappa shape index (κ2) is 11.3. The summed E-state index contributed by atoms with van der Waals surface area (Å²) in [5.74, 6) is 0.443. The maximum atomic E-state index is 11.9. The lowest BCUT2D eigenvalue weighted by Gasteiger charge is -2.17. The Labute approximate surface area is 184 Å². The predicted octanol–water partition coefficient (Wildman–Crippen LogP) is 6.61. The number of aryl methyl sites for hydroxylation is 2. The van der Waals surface area contributed by atoms with E-state index in [1.165, 1.54) is 11.1 Å². The van der Waals surface area contributed by atoms with Crippen LogP contribution in [0.5, 0.6) is 5.75 Å². The molecule has 1 atom stereocenters. The summed E-state index contributed by atoms with van der Waals surface area (Å²) in [7, 11) is 0. The summed E-state index contributed by atoms with van der Waals surface area (Å²) in [4.78, 5) is 23.5. The molecule has 0 aliphatic carbocycles. The number of allylic oxidation sites excluding steroid dienone is 1. The summed E-state index contributed by atoms with van der Waals surface area (Å²) in [5.41, 5.74) is 4.07. The molecule has 160 valence electrons. The lowest BCUT2D eigenvalue weighted by atomic mass is 9.88. The molecule has 0 saturated heterocycles. The minimum atomic E-state index is -0.299. The summed E-state index contributed by atoms with van der Waals surface area (Å²) in [6.45, 7) is 6.47. The molecule has 31 heavy (non-hydrogen) atoms. The van der Waals surface area contributed by atoms with Crippen molar-refractivity contribution in [1.82, 2.24) is 0 Å². The highest BCUT2D eigenvalue weighted by atomic mass is 16.5. The molecule has 0 amide bonds. The maximum absolute atomic E-state index is 11.9. The third kappa shape index (κ3) is 5.91. The van der Waals surface area contributed by atoms with Crippen molar-refractivity contribution in [2.24, 2.45) is 0 Å². The van der Waals surface area contributed by atoms with Gasteiger partial charge in [0.05, 0.1) is 6.61 Å². The van der Waals surface area contributed by atoms with Crippen LogP contribution in [0.3, 0.4) is 0 Å².